The van der Waals surface area contributed by atoms with Crippen LogP contribution in [0.3, 0.4) is 0 Å². The largest absolute Gasteiger partial charge is 0.472 e. The third-order valence-electron chi connectivity index (χ3n) is 16.4. The molecule has 0 saturated carbocycles. The van der Waals surface area contributed by atoms with Crippen LogP contribution in [-0.2, 0) is 65.4 Å². The molecule has 3 unspecified atom stereocenters. The maximum absolute atomic E-state index is 13.0. The number of aliphatic hydroxyl groups excluding tert-OH is 1. The Labute approximate surface area is 543 Å². The first-order valence-corrected chi connectivity index (χ1v) is 39.2. The molecule has 89 heavy (non-hydrogen) atoms. The standard InChI is InChI=1S/C70H136O17P2/c1-9-63(8)49-41-33-28-29-35-43-51-68(73)81-57-66(87-70(75)53-45-37-26-20-16-15-18-23-31-39-47-61(4)5)59-85-89(78,79)83-55-64(71)54-82-88(76,77)84-58-65(56-80-67(72)50-42-34-27-21-24-32-40-48-62(6)7)86-69(74)52-44-36-25-19-14-12-10-11-13-17-22-30-38-46-60(2)3/h60-66,71H,9-59H2,1-8H3,(H,76,77)(H,78,79)/t63?,64-,65-,66-/m1/s1. The Bertz CT molecular complexity index is 1770. The monoisotopic (exact) mass is 1310 g/mol. The molecule has 0 aromatic carbocycles. The summed E-state index contributed by atoms with van der Waals surface area (Å²) >= 11 is 0. The van der Waals surface area contributed by atoms with Crippen LogP contribution in [0.15, 0.2) is 0 Å². The van der Waals surface area contributed by atoms with E-state index < -0.39 is 97.5 Å². The van der Waals surface area contributed by atoms with Crippen LogP contribution in [0.2, 0.25) is 0 Å². The van der Waals surface area contributed by atoms with Gasteiger partial charge in [0.2, 0.25) is 0 Å². The number of rotatable bonds is 67. The van der Waals surface area contributed by atoms with Crippen molar-refractivity contribution in [2.24, 2.45) is 23.7 Å². The van der Waals surface area contributed by atoms with E-state index in [1.807, 2.05) is 0 Å². The molecule has 0 saturated heterocycles. The van der Waals surface area contributed by atoms with Crippen LogP contribution < -0.4 is 0 Å². The van der Waals surface area contributed by atoms with E-state index in [0.29, 0.717) is 31.6 Å². The van der Waals surface area contributed by atoms with Crippen molar-refractivity contribution < 1.29 is 80.2 Å². The molecular formula is C70H136O17P2. The van der Waals surface area contributed by atoms with Gasteiger partial charge in [-0.2, -0.15) is 0 Å². The number of phosphoric acid groups is 2. The normalized spacial score (nSPS) is 14.6. The van der Waals surface area contributed by atoms with Gasteiger partial charge in [-0.25, -0.2) is 9.13 Å². The Morgan fingerprint density at radius 1 is 0.315 bits per heavy atom. The topological polar surface area (TPSA) is 237 Å². The summed E-state index contributed by atoms with van der Waals surface area (Å²) in [7, 11) is -9.90. The lowest BCUT2D eigenvalue weighted by Gasteiger charge is -2.21. The molecule has 0 aromatic heterocycles. The molecule has 17 nitrogen and oxygen atoms in total. The lowest BCUT2D eigenvalue weighted by Crippen LogP contribution is -2.30. The summed E-state index contributed by atoms with van der Waals surface area (Å²) in [6.07, 6.45) is 41.8. The zero-order chi connectivity index (χ0) is 66.1. The van der Waals surface area contributed by atoms with E-state index >= 15 is 0 Å². The number of carbonyl (C=O) groups excluding carboxylic acids is 4. The van der Waals surface area contributed by atoms with E-state index in [1.165, 1.54) is 135 Å². The van der Waals surface area contributed by atoms with E-state index in [9.17, 15) is 43.2 Å². The van der Waals surface area contributed by atoms with Crippen molar-refractivity contribution in [3.8, 4) is 0 Å². The van der Waals surface area contributed by atoms with Gasteiger partial charge in [0.25, 0.3) is 0 Å². The molecule has 0 bridgehead atoms. The van der Waals surface area contributed by atoms with Crippen LogP contribution in [0.4, 0.5) is 0 Å². The second-order valence-electron chi connectivity index (χ2n) is 26.9. The minimum atomic E-state index is -4.95. The van der Waals surface area contributed by atoms with Crippen molar-refractivity contribution in [1.29, 1.82) is 0 Å². The molecule has 0 amide bonds. The number of carbonyl (C=O) groups is 4. The van der Waals surface area contributed by atoms with Crippen molar-refractivity contribution in [3.63, 3.8) is 0 Å². The number of esters is 4. The molecule has 0 aliphatic carbocycles. The van der Waals surface area contributed by atoms with E-state index in [4.69, 9.17) is 37.0 Å². The summed E-state index contributed by atoms with van der Waals surface area (Å²) in [5.41, 5.74) is 0. The van der Waals surface area contributed by atoms with E-state index in [2.05, 4.69) is 55.4 Å². The van der Waals surface area contributed by atoms with Gasteiger partial charge in [-0.05, 0) is 49.4 Å². The molecule has 0 rings (SSSR count). The summed E-state index contributed by atoms with van der Waals surface area (Å²) in [5, 5.41) is 10.6. The van der Waals surface area contributed by atoms with Gasteiger partial charge in [-0.15, -0.1) is 0 Å². The van der Waals surface area contributed by atoms with Crippen LogP contribution in [0.1, 0.15) is 344 Å². The molecule has 0 radical (unpaired) electrons. The minimum absolute atomic E-state index is 0.104. The van der Waals surface area contributed by atoms with Crippen molar-refractivity contribution >= 4 is 39.5 Å². The Balaban J connectivity index is 5.25. The first kappa shape index (κ1) is 87.1. The Hall–Kier alpha value is -1.94. The second kappa shape index (κ2) is 59.8. The molecule has 0 spiro atoms. The van der Waals surface area contributed by atoms with Crippen molar-refractivity contribution in [3.05, 3.63) is 0 Å². The first-order valence-electron chi connectivity index (χ1n) is 36.2. The van der Waals surface area contributed by atoms with Crippen LogP contribution in [0.25, 0.3) is 0 Å². The van der Waals surface area contributed by atoms with Crippen LogP contribution in [-0.4, -0.2) is 96.7 Å². The summed E-state index contributed by atoms with van der Waals surface area (Å²) in [6.45, 7) is 14.1. The van der Waals surface area contributed by atoms with Gasteiger partial charge in [0, 0.05) is 25.7 Å². The second-order valence-corrected chi connectivity index (χ2v) is 29.8. The summed E-state index contributed by atoms with van der Waals surface area (Å²) < 4.78 is 68.3. The van der Waals surface area contributed by atoms with Gasteiger partial charge in [-0.1, -0.05) is 293 Å². The smallest absolute Gasteiger partial charge is 0.462 e. The molecule has 0 aliphatic rings. The number of unbranched alkanes of at least 4 members (excludes halogenated alkanes) is 32. The third kappa shape index (κ3) is 63.2. The van der Waals surface area contributed by atoms with E-state index in [1.54, 1.807) is 0 Å². The number of phosphoric ester groups is 2. The van der Waals surface area contributed by atoms with Crippen molar-refractivity contribution in [1.82, 2.24) is 0 Å². The maximum atomic E-state index is 13.0. The van der Waals surface area contributed by atoms with Crippen molar-refractivity contribution in [2.75, 3.05) is 39.6 Å². The fraction of sp³-hybridized carbons (Fsp3) is 0.943. The third-order valence-corrected chi connectivity index (χ3v) is 18.3. The van der Waals surface area contributed by atoms with Gasteiger partial charge in [0.1, 0.15) is 19.3 Å². The number of hydrogen-bond donors (Lipinski definition) is 3. The van der Waals surface area contributed by atoms with Gasteiger partial charge in [0.15, 0.2) is 12.2 Å². The average molecular weight is 1310 g/mol. The highest BCUT2D eigenvalue weighted by Crippen LogP contribution is 2.45. The van der Waals surface area contributed by atoms with E-state index in [0.717, 1.165) is 120 Å². The molecule has 6 atom stereocenters. The zero-order valence-electron chi connectivity index (χ0n) is 58.1. The number of aliphatic hydroxyl groups is 1. The molecular weight excluding hydrogens is 1170 g/mol. The molecule has 0 fully saturated rings. The Morgan fingerprint density at radius 3 is 0.798 bits per heavy atom. The minimum Gasteiger partial charge on any atom is -0.462 e. The quantitative estimate of drug-likeness (QED) is 0.0222. The average Bonchev–Trinajstić information content (AvgIpc) is 3.66. The summed E-state index contributed by atoms with van der Waals surface area (Å²) in [6, 6.07) is 0. The first-order chi connectivity index (χ1) is 42.6. The van der Waals surface area contributed by atoms with Crippen LogP contribution in [0, 0.1) is 23.7 Å². The summed E-state index contributed by atoms with van der Waals surface area (Å²) in [4.78, 5) is 72.5. The van der Waals surface area contributed by atoms with Crippen LogP contribution in [0.5, 0.6) is 0 Å². The van der Waals surface area contributed by atoms with Gasteiger partial charge in [0.05, 0.1) is 26.4 Å². The van der Waals surface area contributed by atoms with Gasteiger partial charge >= 0.3 is 39.5 Å². The predicted molar refractivity (Wildman–Crippen MR) is 358 cm³/mol. The van der Waals surface area contributed by atoms with Gasteiger partial charge < -0.3 is 33.8 Å². The van der Waals surface area contributed by atoms with Gasteiger partial charge in [-0.3, -0.25) is 37.3 Å². The summed E-state index contributed by atoms with van der Waals surface area (Å²) in [5.74, 6) is 0.843. The molecule has 528 valence electrons. The SMILES string of the molecule is CCC(C)CCCCCCCCC(=O)OC[C@H](COP(=O)(O)OC[C@H](O)COP(=O)(O)OC[C@@H](COC(=O)CCCCCCCCCC(C)C)OC(=O)CCCCCCCCCCCCCCCC(C)C)OC(=O)CCCCCCCCCCCCC(C)C. The lowest BCUT2D eigenvalue weighted by atomic mass is 10.00. The molecule has 19 heteroatoms. The molecule has 0 aromatic rings. The fourth-order valence-electron chi connectivity index (χ4n) is 10.5. The maximum Gasteiger partial charge on any atom is 0.472 e. The molecule has 3 N–H and O–H groups in total. The Kier molecular flexibility index (Phi) is 58.5. The molecule has 0 heterocycles. The number of hydrogen-bond acceptors (Lipinski definition) is 15. The van der Waals surface area contributed by atoms with Crippen molar-refractivity contribution in [2.45, 2.75) is 363 Å². The predicted octanol–water partition coefficient (Wildman–Crippen LogP) is 19.7. The number of ether oxygens (including phenoxy) is 4. The van der Waals surface area contributed by atoms with E-state index in [-0.39, 0.29) is 25.7 Å². The Morgan fingerprint density at radius 2 is 0.539 bits per heavy atom. The fourth-order valence-corrected chi connectivity index (χ4v) is 12.0. The van der Waals surface area contributed by atoms with Crippen LogP contribution >= 0.6 is 15.6 Å². The zero-order valence-corrected chi connectivity index (χ0v) is 59.8. The highest BCUT2D eigenvalue weighted by atomic mass is 31.2. The highest BCUT2D eigenvalue weighted by Gasteiger charge is 2.30. The lowest BCUT2D eigenvalue weighted by molar-refractivity contribution is -0.161. The highest BCUT2D eigenvalue weighted by molar-refractivity contribution is 7.47. The molecule has 0 aliphatic heterocycles.